The smallest absolute Gasteiger partial charge is 0.308 e. The topological polar surface area (TPSA) is 182 Å². The van der Waals surface area contributed by atoms with Gasteiger partial charge in [-0.3, -0.25) is 19.4 Å². The molecule has 3 heterocycles. The number of allylic oxidation sites excluding steroid dienone is 3. The van der Waals surface area contributed by atoms with Gasteiger partial charge in [0.1, 0.15) is 25.1 Å². The number of esters is 2. The van der Waals surface area contributed by atoms with Crippen LogP contribution in [-0.2, 0) is 44.5 Å². The number of carbonyl (C=O) groups is 4. The molecule has 2 aliphatic rings. The van der Waals surface area contributed by atoms with Crippen LogP contribution < -0.4 is 0 Å². The van der Waals surface area contributed by atoms with Gasteiger partial charge in [0.15, 0.2) is 12.1 Å². The van der Waals surface area contributed by atoms with Crippen molar-refractivity contribution >= 4 is 24.0 Å². The highest BCUT2D eigenvalue weighted by molar-refractivity contribution is 5.91. The summed E-state index contributed by atoms with van der Waals surface area (Å²) in [4.78, 5) is 57.2. The number of aliphatic hydroxyl groups excluding tert-OH is 3. The predicted molar refractivity (Wildman–Crippen MR) is 192 cm³/mol. The maximum atomic E-state index is 13.4. The van der Waals surface area contributed by atoms with Crippen LogP contribution >= 0.6 is 0 Å². The predicted octanol–water partition coefficient (Wildman–Crippen LogP) is 2.98. The Balaban J connectivity index is 1.90. The van der Waals surface area contributed by atoms with E-state index in [1.54, 1.807) is 71.2 Å². The van der Waals surface area contributed by atoms with Gasteiger partial charge in [-0.05, 0) is 70.8 Å². The molecule has 0 aromatic carbocycles. The van der Waals surface area contributed by atoms with Crippen molar-refractivity contribution in [2.45, 2.75) is 122 Å². The summed E-state index contributed by atoms with van der Waals surface area (Å²) in [5.74, 6) is -3.80. The zero-order chi connectivity index (χ0) is 38.5. The van der Waals surface area contributed by atoms with Crippen molar-refractivity contribution in [3.63, 3.8) is 0 Å². The van der Waals surface area contributed by atoms with Crippen molar-refractivity contribution < 1.29 is 53.4 Å². The summed E-state index contributed by atoms with van der Waals surface area (Å²) >= 11 is 0. The second-order valence-corrected chi connectivity index (χ2v) is 14.5. The van der Waals surface area contributed by atoms with Crippen LogP contribution in [0.25, 0.3) is 0 Å². The third kappa shape index (κ3) is 12.4. The Morgan fingerprint density at radius 2 is 1.85 bits per heavy atom. The zero-order valence-corrected chi connectivity index (χ0v) is 31.5. The Bertz CT molecular complexity index is 1370. The molecular formula is C39H58N2O11. The molecule has 52 heavy (non-hydrogen) atoms. The first-order valence-electron chi connectivity index (χ1n) is 18.3. The van der Waals surface area contributed by atoms with Gasteiger partial charge < -0.3 is 44.0 Å². The van der Waals surface area contributed by atoms with Gasteiger partial charge in [-0.1, -0.05) is 44.6 Å². The van der Waals surface area contributed by atoms with E-state index in [2.05, 4.69) is 4.98 Å². The highest BCUT2D eigenvalue weighted by Crippen LogP contribution is 2.34. The minimum atomic E-state index is -1.31. The van der Waals surface area contributed by atoms with E-state index in [0.717, 1.165) is 11.8 Å². The third-order valence-electron chi connectivity index (χ3n) is 10.1. The summed E-state index contributed by atoms with van der Waals surface area (Å²) in [6.07, 6.45) is 2.47. The lowest BCUT2D eigenvalue weighted by atomic mass is 9.79. The first kappa shape index (κ1) is 43.1. The average Bonchev–Trinajstić information content (AvgIpc) is 3.10. The van der Waals surface area contributed by atoms with Gasteiger partial charge in [0, 0.05) is 43.0 Å². The van der Waals surface area contributed by atoms with Gasteiger partial charge in [-0.15, -0.1) is 0 Å². The average molecular weight is 731 g/mol. The lowest BCUT2D eigenvalue weighted by Crippen LogP contribution is -2.63. The fraction of sp³-hybridized carbons (Fsp3) is 0.667. The molecule has 0 bridgehead atoms. The Kier molecular flexibility index (Phi) is 17.2. The Hall–Kier alpha value is -3.33. The number of ether oxygens (including phenoxy) is 4. The van der Waals surface area contributed by atoms with Crippen LogP contribution in [-0.4, -0.2) is 119 Å². The molecule has 12 atom stereocenters. The summed E-state index contributed by atoms with van der Waals surface area (Å²) in [6, 6.07) is 2.94. The number of hydrogen-bond acceptors (Lipinski definition) is 13. The minimum Gasteiger partial charge on any atom is -0.465 e. The van der Waals surface area contributed by atoms with Crippen molar-refractivity contribution in [2.24, 2.45) is 23.7 Å². The SMILES string of the molecule is CC[C@H]1OC(=O)C[C@@H](O)[C@H](C)[C@@H](O[C@@H]2O[C@H](C)[C@@H](O)[C@H](N(C)C)[C@H]2O)[C@@H](CC=O)C[C@@H](C)C(=O)/C=C/C(C)=C/[C@@H]1COC(=O)CCc1cccnc1. The van der Waals surface area contributed by atoms with Crippen LogP contribution in [0.3, 0.4) is 0 Å². The number of ketones is 1. The molecule has 0 spiro atoms. The number of hydrogen-bond donors (Lipinski definition) is 3. The standard InChI is InChI=1S/C39H58N2O11/c1-8-32-29(22-49-33(45)14-12-27-10-9-16-40-21-27)18-23(2)11-13-30(43)24(3)19-28(15-17-42)38(25(4)31(44)20-34(46)51-32)52-39-37(48)35(41(6)7)36(47)26(5)50-39/h9-11,13,16-18,21,24-26,28-29,31-32,35-39,44,47-48H,8,12,14-15,19-20,22H2,1-7H3/b13-11+,23-18+/t24-,25+,26-,28+,29-,31-,32-,35+,36-,37-,38-,39+/m1/s1. The quantitative estimate of drug-likeness (QED) is 0.224. The molecule has 0 amide bonds. The van der Waals surface area contributed by atoms with Crippen LogP contribution in [0.2, 0.25) is 0 Å². The second-order valence-electron chi connectivity index (χ2n) is 14.5. The highest BCUT2D eigenvalue weighted by Gasteiger charge is 2.47. The fourth-order valence-corrected chi connectivity index (χ4v) is 6.97. The number of likely N-dealkylation sites (N-methyl/N-ethyl adjacent to an activating group) is 1. The molecule has 13 nitrogen and oxygen atoms in total. The molecule has 0 saturated carbocycles. The van der Waals surface area contributed by atoms with Crippen LogP contribution in [0.4, 0.5) is 0 Å². The molecule has 1 saturated heterocycles. The second kappa shape index (κ2) is 20.8. The molecule has 3 N–H and O–H groups in total. The van der Waals surface area contributed by atoms with Gasteiger partial charge in [-0.25, -0.2) is 0 Å². The van der Waals surface area contributed by atoms with Gasteiger partial charge in [0.05, 0.1) is 36.9 Å². The number of cyclic esters (lactones) is 1. The number of aromatic nitrogens is 1. The van der Waals surface area contributed by atoms with Crippen molar-refractivity contribution in [3.05, 3.63) is 53.9 Å². The summed E-state index contributed by atoms with van der Waals surface area (Å²) < 4.78 is 23.9. The number of aliphatic hydroxyl groups is 3. The molecular weight excluding hydrogens is 672 g/mol. The molecule has 0 aliphatic carbocycles. The number of aldehydes is 1. The molecule has 0 unspecified atom stereocenters. The molecule has 1 aromatic heterocycles. The zero-order valence-electron chi connectivity index (χ0n) is 31.5. The minimum absolute atomic E-state index is 0.0227. The molecule has 0 radical (unpaired) electrons. The molecule has 1 aromatic rings. The van der Waals surface area contributed by atoms with E-state index in [1.165, 1.54) is 6.08 Å². The monoisotopic (exact) mass is 730 g/mol. The lowest BCUT2D eigenvalue weighted by molar-refractivity contribution is -0.304. The van der Waals surface area contributed by atoms with Crippen LogP contribution in [0.5, 0.6) is 0 Å². The van der Waals surface area contributed by atoms with Crippen molar-refractivity contribution in [1.29, 1.82) is 0 Å². The molecule has 1 fully saturated rings. The van der Waals surface area contributed by atoms with Crippen LogP contribution in [0.15, 0.2) is 48.3 Å². The normalized spacial score (nSPS) is 35.6. The Labute approximate surface area is 307 Å². The van der Waals surface area contributed by atoms with Crippen molar-refractivity contribution in [3.8, 4) is 0 Å². The third-order valence-corrected chi connectivity index (χ3v) is 10.1. The van der Waals surface area contributed by atoms with E-state index in [-0.39, 0.29) is 31.7 Å². The van der Waals surface area contributed by atoms with Gasteiger partial charge in [-0.2, -0.15) is 0 Å². The Morgan fingerprint density at radius 3 is 2.48 bits per heavy atom. The molecule has 13 heteroatoms. The summed E-state index contributed by atoms with van der Waals surface area (Å²) in [7, 11) is 3.43. The van der Waals surface area contributed by atoms with Gasteiger partial charge in [0.25, 0.3) is 0 Å². The lowest BCUT2D eigenvalue weighted by Gasteiger charge is -2.46. The Morgan fingerprint density at radius 1 is 1.12 bits per heavy atom. The number of carbonyl (C=O) groups excluding carboxylic acids is 4. The van der Waals surface area contributed by atoms with E-state index >= 15 is 0 Å². The molecule has 290 valence electrons. The number of aryl methyl sites for hydroxylation is 1. The maximum absolute atomic E-state index is 13.4. The van der Waals surface area contributed by atoms with Gasteiger partial charge in [0.2, 0.25) is 0 Å². The maximum Gasteiger partial charge on any atom is 0.308 e. The van der Waals surface area contributed by atoms with Crippen LogP contribution in [0, 0.1) is 23.7 Å². The number of rotatable bonds is 11. The summed E-state index contributed by atoms with van der Waals surface area (Å²) in [5.41, 5.74) is 1.59. The highest BCUT2D eigenvalue weighted by atomic mass is 16.7. The first-order chi connectivity index (χ1) is 24.7. The van der Waals surface area contributed by atoms with Gasteiger partial charge >= 0.3 is 11.9 Å². The first-order valence-corrected chi connectivity index (χ1v) is 18.3. The fourth-order valence-electron chi connectivity index (χ4n) is 6.97. The van der Waals surface area contributed by atoms with E-state index in [4.69, 9.17) is 18.9 Å². The van der Waals surface area contributed by atoms with Crippen molar-refractivity contribution in [2.75, 3.05) is 20.7 Å². The van der Waals surface area contributed by atoms with E-state index in [9.17, 15) is 34.5 Å². The number of nitrogens with zero attached hydrogens (tertiary/aromatic N) is 2. The van der Waals surface area contributed by atoms with Crippen LogP contribution in [0.1, 0.15) is 72.3 Å². The number of pyridine rings is 1. The largest absolute Gasteiger partial charge is 0.465 e. The summed E-state index contributed by atoms with van der Waals surface area (Å²) in [6.45, 7) is 8.63. The summed E-state index contributed by atoms with van der Waals surface area (Å²) in [5, 5.41) is 33.5. The van der Waals surface area contributed by atoms with E-state index in [0.29, 0.717) is 18.4 Å². The molecule has 2 aliphatic heterocycles. The van der Waals surface area contributed by atoms with E-state index < -0.39 is 91.0 Å². The van der Waals surface area contributed by atoms with Crippen molar-refractivity contribution in [1.82, 2.24) is 9.88 Å². The molecule has 3 rings (SSSR count). The van der Waals surface area contributed by atoms with E-state index in [1.807, 2.05) is 19.1 Å².